The number of aromatic nitrogens is 2. The molecule has 4 aromatic rings. The summed E-state index contributed by atoms with van der Waals surface area (Å²) in [6.07, 6.45) is 5.48. The highest BCUT2D eigenvalue weighted by Crippen LogP contribution is 2.28. The number of hydrogen-bond acceptors (Lipinski definition) is 8. The first kappa shape index (κ1) is 32.7. The van der Waals surface area contributed by atoms with E-state index in [1.54, 1.807) is 18.3 Å². The number of piperazine rings is 1. The molecular weight excluding hydrogens is 595 g/mol. The van der Waals surface area contributed by atoms with Crippen LogP contribution < -0.4 is 11.1 Å². The summed E-state index contributed by atoms with van der Waals surface area (Å²) in [5, 5.41) is 12.3. The predicted octanol–water partition coefficient (Wildman–Crippen LogP) is 5.07. The highest BCUT2D eigenvalue weighted by atomic mass is 19.1. The number of nitrogens with one attached hydrogen (secondary N) is 1. The number of aliphatic hydroxyl groups is 1. The molecule has 0 unspecified atom stereocenters. The third-order valence-corrected chi connectivity index (χ3v) is 9.51. The summed E-state index contributed by atoms with van der Waals surface area (Å²) in [5.41, 5.74) is 12.3. The zero-order valence-electron chi connectivity index (χ0n) is 26.8. The number of anilines is 1. The minimum Gasteiger partial charge on any atom is -0.395 e. The van der Waals surface area contributed by atoms with Crippen molar-refractivity contribution in [3.8, 4) is 22.3 Å². The maximum atomic E-state index is 13.3. The van der Waals surface area contributed by atoms with Crippen molar-refractivity contribution in [1.29, 1.82) is 0 Å². The SMILES string of the molecule is C[C@@H](c1ccc(-c2ccc(CO[C@H]3CCC[C@@H]3NC(=O)c3cc(-c4ccc(F)nc4)cnc3N)cc2)cc1)N1CCN(CCO)CC1. The first-order valence-electron chi connectivity index (χ1n) is 16.4. The Morgan fingerprint density at radius 1 is 0.957 bits per heavy atom. The molecule has 2 aromatic carbocycles. The number of hydrogen-bond donors (Lipinski definition) is 3. The molecule has 0 radical (unpaired) electrons. The van der Waals surface area contributed by atoms with Crippen molar-refractivity contribution in [2.24, 2.45) is 0 Å². The van der Waals surface area contributed by atoms with E-state index in [0.717, 1.165) is 63.1 Å². The monoisotopic (exact) mass is 638 g/mol. The predicted molar refractivity (Wildman–Crippen MR) is 181 cm³/mol. The lowest BCUT2D eigenvalue weighted by Gasteiger charge is -2.38. The molecule has 1 saturated carbocycles. The van der Waals surface area contributed by atoms with Gasteiger partial charge < -0.3 is 20.9 Å². The molecule has 1 amide bonds. The summed E-state index contributed by atoms with van der Waals surface area (Å²) in [5.74, 6) is -0.748. The van der Waals surface area contributed by atoms with Gasteiger partial charge in [-0.2, -0.15) is 4.39 Å². The van der Waals surface area contributed by atoms with Crippen molar-refractivity contribution in [3.05, 3.63) is 102 Å². The molecule has 3 atom stereocenters. The fourth-order valence-electron chi connectivity index (χ4n) is 6.58. The second kappa shape index (κ2) is 15.1. The highest BCUT2D eigenvalue weighted by Gasteiger charge is 2.30. The molecule has 2 aliphatic rings. The van der Waals surface area contributed by atoms with Crippen molar-refractivity contribution >= 4 is 11.7 Å². The molecule has 6 rings (SSSR count). The molecule has 0 bridgehead atoms. The molecular formula is C37H43FN6O3. The number of amides is 1. The normalized spacial score (nSPS) is 19.5. The van der Waals surface area contributed by atoms with Gasteiger partial charge >= 0.3 is 0 Å². The summed E-state index contributed by atoms with van der Waals surface area (Å²) in [7, 11) is 0. The van der Waals surface area contributed by atoms with Crippen LogP contribution in [0.15, 0.2) is 79.1 Å². The summed E-state index contributed by atoms with van der Waals surface area (Å²) >= 11 is 0. The maximum Gasteiger partial charge on any atom is 0.255 e. The molecule has 4 N–H and O–H groups in total. The van der Waals surface area contributed by atoms with Gasteiger partial charge in [-0.3, -0.25) is 14.6 Å². The van der Waals surface area contributed by atoms with Crippen LogP contribution in [-0.2, 0) is 11.3 Å². The van der Waals surface area contributed by atoms with Gasteiger partial charge in [-0.1, -0.05) is 48.5 Å². The van der Waals surface area contributed by atoms with Crippen molar-refractivity contribution in [2.45, 2.75) is 51.0 Å². The number of ether oxygens (including phenoxy) is 1. The molecule has 1 aliphatic heterocycles. The van der Waals surface area contributed by atoms with Crippen LogP contribution in [0.3, 0.4) is 0 Å². The number of rotatable bonds is 11. The average molecular weight is 639 g/mol. The van der Waals surface area contributed by atoms with Crippen LogP contribution in [0.4, 0.5) is 10.2 Å². The second-order valence-electron chi connectivity index (χ2n) is 12.5. The van der Waals surface area contributed by atoms with Crippen LogP contribution >= 0.6 is 0 Å². The molecule has 9 nitrogen and oxygen atoms in total. The first-order valence-corrected chi connectivity index (χ1v) is 16.4. The fraction of sp³-hybridized carbons (Fsp3) is 0.378. The van der Waals surface area contributed by atoms with Crippen molar-refractivity contribution in [2.75, 3.05) is 45.1 Å². The Morgan fingerprint density at radius 2 is 1.64 bits per heavy atom. The summed E-state index contributed by atoms with van der Waals surface area (Å²) in [6, 6.07) is 22.0. The Hall–Kier alpha value is -4.22. The smallest absolute Gasteiger partial charge is 0.255 e. The number of nitrogen functional groups attached to an aromatic ring is 1. The first-order chi connectivity index (χ1) is 22.9. The van der Waals surface area contributed by atoms with Crippen molar-refractivity contribution in [1.82, 2.24) is 25.1 Å². The fourth-order valence-corrected chi connectivity index (χ4v) is 6.58. The van der Waals surface area contributed by atoms with Gasteiger partial charge in [-0.05, 0) is 66.6 Å². The molecule has 1 aliphatic carbocycles. The third-order valence-electron chi connectivity index (χ3n) is 9.51. The van der Waals surface area contributed by atoms with Gasteiger partial charge in [0.1, 0.15) is 5.82 Å². The minimum atomic E-state index is -0.574. The number of nitrogens with zero attached hydrogens (tertiary/aromatic N) is 4. The van der Waals surface area contributed by atoms with Crippen LogP contribution in [-0.4, -0.2) is 82.3 Å². The lowest BCUT2D eigenvalue weighted by molar-refractivity contribution is 0.0272. The van der Waals surface area contributed by atoms with Crippen LogP contribution in [0.25, 0.3) is 22.3 Å². The Morgan fingerprint density at radius 3 is 2.32 bits per heavy atom. The second-order valence-corrected chi connectivity index (χ2v) is 12.5. The molecule has 3 heterocycles. The van der Waals surface area contributed by atoms with Crippen LogP contribution in [0, 0.1) is 5.95 Å². The number of β-amino-alcohol motifs (C(OH)–C–C–N with tert-alkyl or cyclic N) is 1. The third kappa shape index (κ3) is 8.02. The van der Waals surface area contributed by atoms with E-state index in [0.29, 0.717) is 23.8 Å². The molecule has 2 aromatic heterocycles. The zero-order chi connectivity index (χ0) is 32.8. The Labute approximate surface area is 275 Å². The Balaban J connectivity index is 1.01. The zero-order valence-corrected chi connectivity index (χ0v) is 26.8. The van der Waals surface area contributed by atoms with E-state index in [-0.39, 0.29) is 36.0 Å². The van der Waals surface area contributed by atoms with E-state index >= 15 is 0 Å². The Bertz CT molecular complexity index is 1630. The van der Waals surface area contributed by atoms with Gasteiger partial charge in [0.2, 0.25) is 5.95 Å². The highest BCUT2D eigenvalue weighted by molar-refractivity contribution is 5.99. The van der Waals surface area contributed by atoms with Gasteiger partial charge in [0.05, 0.1) is 30.9 Å². The van der Waals surface area contributed by atoms with Gasteiger partial charge in [0, 0.05) is 62.3 Å². The number of aliphatic hydroxyl groups excluding tert-OH is 1. The van der Waals surface area contributed by atoms with Crippen molar-refractivity contribution < 1.29 is 19.0 Å². The van der Waals surface area contributed by atoms with Crippen LogP contribution in [0.2, 0.25) is 0 Å². The van der Waals surface area contributed by atoms with Gasteiger partial charge in [-0.15, -0.1) is 0 Å². The van der Waals surface area contributed by atoms with E-state index < -0.39 is 5.95 Å². The molecule has 2 fully saturated rings. The number of carbonyl (C=O) groups is 1. The maximum absolute atomic E-state index is 13.3. The van der Waals surface area contributed by atoms with Crippen LogP contribution in [0.1, 0.15) is 53.7 Å². The molecule has 0 spiro atoms. The average Bonchev–Trinajstić information content (AvgIpc) is 3.55. The number of benzene rings is 2. The number of carbonyl (C=O) groups excluding carboxylic acids is 1. The Kier molecular flexibility index (Phi) is 10.5. The number of pyridine rings is 2. The van der Waals surface area contributed by atoms with E-state index in [1.807, 2.05) is 0 Å². The lowest BCUT2D eigenvalue weighted by Crippen LogP contribution is -2.47. The number of nitrogens with two attached hydrogens (primary N) is 1. The summed E-state index contributed by atoms with van der Waals surface area (Å²) in [4.78, 5) is 26.0. The van der Waals surface area contributed by atoms with Gasteiger partial charge in [-0.25, -0.2) is 9.97 Å². The lowest BCUT2D eigenvalue weighted by atomic mass is 9.99. The van der Waals surface area contributed by atoms with Gasteiger partial charge in [0.15, 0.2) is 0 Å². The summed E-state index contributed by atoms with van der Waals surface area (Å²) < 4.78 is 19.6. The van der Waals surface area contributed by atoms with E-state index in [4.69, 9.17) is 10.5 Å². The van der Waals surface area contributed by atoms with E-state index in [2.05, 4.69) is 80.5 Å². The van der Waals surface area contributed by atoms with Crippen molar-refractivity contribution in [3.63, 3.8) is 0 Å². The quantitative estimate of drug-likeness (QED) is 0.195. The molecule has 10 heteroatoms. The van der Waals surface area contributed by atoms with Crippen LogP contribution in [0.5, 0.6) is 0 Å². The standard InChI is InChI=1S/C37H43FN6O3/c1-25(44-17-15-43(16-18-44)19-20-45)27-9-11-29(12-10-27)28-7-5-26(6-8-28)24-47-34-4-2-3-33(34)42-37(46)32-21-31(23-41-36(32)39)30-13-14-35(38)40-22-30/h5-14,21-23,25,33-34,45H,2-4,15-20,24H2,1H3,(H2,39,41)(H,42,46)/t25-,33-,34-/m0/s1. The summed E-state index contributed by atoms with van der Waals surface area (Å²) in [6.45, 7) is 7.71. The largest absolute Gasteiger partial charge is 0.395 e. The number of halogens is 1. The topological polar surface area (TPSA) is 117 Å². The molecule has 246 valence electrons. The van der Waals surface area contributed by atoms with Gasteiger partial charge in [0.25, 0.3) is 5.91 Å². The molecule has 1 saturated heterocycles. The minimum absolute atomic E-state index is 0.107. The molecule has 47 heavy (non-hydrogen) atoms. The van der Waals surface area contributed by atoms with E-state index in [9.17, 15) is 14.3 Å². The van der Waals surface area contributed by atoms with E-state index in [1.165, 1.54) is 23.4 Å².